The Hall–Kier alpha value is -2.10. The summed E-state index contributed by atoms with van der Waals surface area (Å²) in [4.78, 5) is 12.1. The molecule has 0 radical (unpaired) electrons. The Morgan fingerprint density at radius 2 is 1.59 bits per heavy atom. The third kappa shape index (κ3) is 5.21. The van der Waals surface area contributed by atoms with Gasteiger partial charge in [-0.2, -0.15) is 15.7 Å². The van der Waals surface area contributed by atoms with Gasteiger partial charge in [0.15, 0.2) is 17.1 Å². The largest absolute Gasteiger partial charge is 0.595 e. The smallest absolute Gasteiger partial charge is 0.339 e. The molecule has 0 aromatic heterocycles. The van der Waals surface area contributed by atoms with Crippen molar-refractivity contribution in [3.05, 3.63) is 63.1 Å². The van der Waals surface area contributed by atoms with E-state index in [2.05, 4.69) is 4.74 Å². The second kappa shape index (κ2) is 9.20. The Balaban J connectivity index is 2.39. The molecule has 0 bridgehead atoms. The first-order chi connectivity index (χ1) is 12.7. The molecule has 0 spiro atoms. The molecule has 0 heterocycles. The average Bonchev–Trinajstić information content (AvgIpc) is 2.65. The molecule has 6 N–H and O–H groups in total. The standard InChI is InChI=1S/C15H17N3O8S/c1-26-15(19)12-6-11(17(22)23)7-13(18(24)25)14(12)27-8-9-2-4-10(5-3-9)16(20)21/h2-7,16-18,20,22,24H,8H2,1H3. The van der Waals surface area contributed by atoms with Crippen molar-refractivity contribution in [2.75, 3.05) is 7.11 Å². The normalized spacial score (nSPS) is 14.5. The number of ether oxygens (including phenoxy) is 1. The van der Waals surface area contributed by atoms with Gasteiger partial charge in [0.25, 0.3) is 0 Å². The molecule has 0 saturated heterocycles. The quantitative estimate of drug-likeness (QED) is 0.194. The Bertz CT molecular complexity index is 798. The van der Waals surface area contributed by atoms with Gasteiger partial charge in [-0.3, -0.25) is 0 Å². The lowest BCUT2D eigenvalue weighted by molar-refractivity contribution is -0.997. The van der Waals surface area contributed by atoms with Crippen molar-refractivity contribution >= 4 is 34.8 Å². The molecule has 0 amide bonds. The van der Waals surface area contributed by atoms with E-state index in [0.717, 1.165) is 31.0 Å². The molecular weight excluding hydrogens is 382 g/mol. The molecule has 2 aromatic rings. The Morgan fingerprint density at radius 3 is 2.07 bits per heavy atom. The zero-order valence-corrected chi connectivity index (χ0v) is 14.8. The zero-order chi connectivity index (χ0) is 20.1. The Kier molecular flexibility index (Phi) is 7.23. The summed E-state index contributed by atoms with van der Waals surface area (Å²) in [5.74, 6) is -0.624. The Labute approximate surface area is 157 Å². The third-order valence-corrected chi connectivity index (χ3v) is 4.76. The lowest BCUT2D eigenvalue weighted by atomic mass is 10.1. The number of benzene rings is 2. The molecule has 0 aliphatic carbocycles. The second-order valence-electron chi connectivity index (χ2n) is 5.29. The van der Waals surface area contributed by atoms with Crippen molar-refractivity contribution in [3.8, 4) is 0 Å². The summed E-state index contributed by atoms with van der Waals surface area (Å²) in [6, 6.07) is 8.00. The highest BCUT2D eigenvalue weighted by Crippen LogP contribution is 2.34. The minimum absolute atomic E-state index is 0.0710. The van der Waals surface area contributed by atoms with Crippen LogP contribution in [-0.4, -0.2) is 28.7 Å². The number of quaternary nitrogens is 3. The number of nitrogens with one attached hydrogen (secondary N) is 3. The van der Waals surface area contributed by atoms with Gasteiger partial charge in [-0.05, 0) is 5.56 Å². The topological polar surface area (TPSA) is 169 Å². The van der Waals surface area contributed by atoms with Gasteiger partial charge in [0, 0.05) is 24.0 Å². The van der Waals surface area contributed by atoms with Crippen molar-refractivity contribution in [3.63, 3.8) is 0 Å². The minimum Gasteiger partial charge on any atom is -0.595 e. The van der Waals surface area contributed by atoms with Gasteiger partial charge >= 0.3 is 5.97 Å². The van der Waals surface area contributed by atoms with Crippen molar-refractivity contribution in [2.24, 2.45) is 0 Å². The predicted octanol–water partition coefficient (Wildman–Crippen LogP) is -1.02. The molecular formula is C15H17N3O8S. The van der Waals surface area contributed by atoms with E-state index >= 15 is 0 Å². The van der Waals surface area contributed by atoms with Crippen LogP contribution < -0.4 is 15.7 Å². The highest BCUT2D eigenvalue weighted by Gasteiger charge is 2.24. The van der Waals surface area contributed by atoms with Crippen molar-refractivity contribution in [2.45, 2.75) is 10.6 Å². The number of methoxy groups -OCH3 is 1. The van der Waals surface area contributed by atoms with E-state index < -0.39 is 21.6 Å². The van der Waals surface area contributed by atoms with E-state index in [9.17, 15) is 25.6 Å². The van der Waals surface area contributed by atoms with Crippen LogP contribution in [0.3, 0.4) is 0 Å². The number of thioether (sulfide) groups is 1. The fourth-order valence-corrected chi connectivity index (χ4v) is 3.33. The molecule has 11 nitrogen and oxygen atoms in total. The third-order valence-electron chi connectivity index (χ3n) is 3.56. The van der Waals surface area contributed by atoms with Gasteiger partial charge in [0.1, 0.15) is 0 Å². The van der Waals surface area contributed by atoms with Gasteiger partial charge in [0.05, 0.1) is 23.6 Å². The van der Waals surface area contributed by atoms with Gasteiger partial charge < -0.3 is 20.4 Å². The molecule has 2 aromatic carbocycles. The van der Waals surface area contributed by atoms with E-state index in [0.29, 0.717) is 5.56 Å². The maximum atomic E-state index is 12.0. The van der Waals surface area contributed by atoms with Crippen LogP contribution in [0.25, 0.3) is 0 Å². The van der Waals surface area contributed by atoms with Gasteiger partial charge in [-0.25, -0.2) is 20.4 Å². The maximum absolute atomic E-state index is 12.0. The van der Waals surface area contributed by atoms with Gasteiger partial charge in [-0.15, -0.1) is 11.8 Å². The van der Waals surface area contributed by atoms with Crippen LogP contribution >= 0.6 is 11.8 Å². The van der Waals surface area contributed by atoms with Crippen LogP contribution in [0.2, 0.25) is 0 Å². The summed E-state index contributed by atoms with van der Waals surface area (Å²) in [6.45, 7) is 0. The maximum Gasteiger partial charge on any atom is 0.339 e. The van der Waals surface area contributed by atoms with E-state index in [-0.39, 0.29) is 33.3 Å². The minimum atomic E-state index is -1.38. The highest BCUT2D eigenvalue weighted by atomic mass is 32.2. The second-order valence-corrected chi connectivity index (χ2v) is 6.28. The molecule has 3 unspecified atom stereocenters. The van der Waals surface area contributed by atoms with Gasteiger partial charge in [-0.1, -0.05) is 12.1 Å². The summed E-state index contributed by atoms with van der Waals surface area (Å²) in [5.41, 5.74) is -0.0390. The number of hydrogen-bond donors (Lipinski definition) is 6. The molecule has 0 fully saturated rings. The summed E-state index contributed by atoms with van der Waals surface area (Å²) in [5, 5.41) is 57.3. The molecule has 146 valence electrons. The molecule has 2 rings (SSSR count). The number of esters is 1. The van der Waals surface area contributed by atoms with E-state index in [1.807, 2.05) is 0 Å². The zero-order valence-electron chi connectivity index (χ0n) is 14.0. The van der Waals surface area contributed by atoms with Crippen LogP contribution in [-0.2, 0) is 10.5 Å². The van der Waals surface area contributed by atoms with E-state index in [4.69, 9.17) is 10.4 Å². The van der Waals surface area contributed by atoms with Crippen molar-refractivity contribution in [1.29, 1.82) is 0 Å². The SMILES string of the molecule is COC(=O)c1cc([NH+]([O-])O)cc([NH+]([O-])O)c1SCc1ccc([NH+]([O-])O)cc1. The number of hydrogen-bond acceptors (Lipinski definition) is 9. The first-order valence-corrected chi connectivity index (χ1v) is 8.41. The predicted molar refractivity (Wildman–Crippen MR) is 91.1 cm³/mol. The first-order valence-electron chi connectivity index (χ1n) is 7.42. The lowest BCUT2D eigenvalue weighted by Crippen LogP contribution is -3.01. The summed E-state index contributed by atoms with van der Waals surface area (Å²) < 4.78 is 4.64. The number of carbonyl (C=O) groups excluding carboxylic acids is 1. The van der Waals surface area contributed by atoms with Gasteiger partial charge in [0.2, 0.25) is 0 Å². The van der Waals surface area contributed by atoms with E-state index in [1.165, 1.54) is 12.1 Å². The van der Waals surface area contributed by atoms with E-state index in [1.54, 1.807) is 12.1 Å². The highest BCUT2D eigenvalue weighted by molar-refractivity contribution is 7.98. The van der Waals surface area contributed by atoms with Crippen LogP contribution in [0, 0.1) is 15.6 Å². The molecule has 27 heavy (non-hydrogen) atoms. The summed E-state index contributed by atoms with van der Waals surface area (Å²) in [6.07, 6.45) is 0. The first kappa shape index (κ1) is 21.2. The van der Waals surface area contributed by atoms with Crippen LogP contribution in [0.4, 0.5) is 17.1 Å². The van der Waals surface area contributed by atoms with Crippen molar-refractivity contribution < 1.29 is 40.8 Å². The Morgan fingerprint density at radius 1 is 1.00 bits per heavy atom. The fourth-order valence-electron chi connectivity index (χ4n) is 2.23. The summed E-state index contributed by atoms with van der Waals surface area (Å²) >= 11 is 1.01. The molecule has 0 saturated carbocycles. The average molecular weight is 399 g/mol. The van der Waals surface area contributed by atoms with Crippen LogP contribution in [0.15, 0.2) is 41.3 Å². The molecule has 0 aliphatic rings. The van der Waals surface area contributed by atoms with Crippen LogP contribution in [0.5, 0.6) is 0 Å². The summed E-state index contributed by atoms with van der Waals surface area (Å²) in [7, 11) is 1.11. The van der Waals surface area contributed by atoms with Crippen molar-refractivity contribution in [1.82, 2.24) is 0 Å². The molecule has 12 heteroatoms. The molecule has 3 atom stereocenters. The fraction of sp³-hybridized carbons (Fsp3) is 0.133. The lowest BCUT2D eigenvalue weighted by Gasteiger charge is -2.20. The monoisotopic (exact) mass is 399 g/mol. The van der Waals surface area contributed by atoms with Crippen LogP contribution in [0.1, 0.15) is 15.9 Å². The molecule has 0 aliphatic heterocycles. The number of rotatable bonds is 7. The number of carbonyl (C=O) groups is 1.